The van der Waals surface area contributed by atoms with E-state index in [1.54, 1.807) is 6.92 Å². The molecule has 2 atom stereocenters. The quantitative estimate of drug-likeness (QED) is 0.467. The van der Waals surface area contributed by atoms with Crippen molar-refractivity contribution in [3.8, 4) is 0 Å². The SMILES string of the molecule is CCOC(=O)C1=C(N2CCN(C(=O)c3cccs3)CC2)C2CCCCC2N(CC(C)(C)C)C1=O. The van der Waals surface area contributed by atoms with Crippen LogP contribution in [0.2, 0.25) is 0 Å². The van der Waals surface area contributed by atoms with E-state index in [9.17, 15) is 14.4 Å². The molecule has 4 rings (SSSR count). The summed E-state index contributed by atoms with van der Waals surface area (Å²) in [4.78, 5) is 46.6. The molecular formula is C26H37N3O4S. The molecule has 1 saturated heterocycles. The maximum atomic E-state index is 13.8. The lowest BCUT2D eigenvalue weighted by Crippen LogP contribution is -2.58. The van der Waals surface area contributed by atoms with Crippen molar-refractivity contribution >= 4 is 29.1 Å². The summed E-state index contributed by atoms with van der Waals surface area (Å²) in [5.41, 5.74) is 1.01. The number of amides is 2. The minimum atomic E-state index is -0.512. The fourth-order valence-electron chi connectivity index (χ4n) is 5.59. The Morgan fingerprint density at radius 1 is 1.12 bits per heavy atom. The van der Waals surface area contributed by atoms with E-state index in [1.165, 1.54) is 11.3 Å². The van der Waals surface area contributed by atoms with Crippen LogP contribution in [0.4, 0.5) is 0 Å². The lowest BCUT2D eigenvalue weighted by atomic mass is 9.75. The van der Waals surface area contributed by atoms with Crippen molar-refractivity contribution in [2.45, 2.75) is 59.4 Å². The highest BCUT2D eigenvalue weighted by Gasteiger charge is 2.48. The van der Waals surface area contributed by atoms with Crippen LogP contribution in [0.3, 0.4) is 0 Å². The summed E-state index contributed by atoms with van der Waals surface area (Å²) in [6.07, 6.45) is 4.11. The van der Waals surface area contributed by atoms with Crippen molar-refractivity contribution in [3.63, 3.8) is 0 Å². The zero-order chi connectivity index (χ0) is 24.5. The lowest BCUT2D eigenvalue weighted by Gasteiger charge is -2.50. The Morgan fingerprint density at radius 3 is 2.44 bits per heavy atom. The number of carbonyl (C=O) groups is 3. The van der Waals surface area contributed by atoms with Gasteiger partial charge in [0.15, 0.2) is 0 Å². The summed E-state index contributed by atoms with van der Waals surface area (Å²) < 4.78 is 5.41. The van der Waals surface area contributed by atoms with Gasteiger partial charge in [-0.05, 0) is 36.6 Å². The summed E-state index contributed by atoms with van der Waals surface area (Å²) in [6.45, 7) is 11.4. The predicted octanol–water partition coefficient (Wildman–Crippen LogP) is 3.77. The molecule has 0 radical (unpaired) electrons. The van der Waals surface area contributed by atoms with E-state index in [4.69, 9.17) is 4.74 Å². The van der Waals surface area contributed by atoms with Crippen LogP contribution in [0, 0.1) is 11.3 Å². The fourth-order valence-corrected chi connectivity index (χ4v) is 6.28. The summed E-state index contributed by atoms with van der Waals surface area (Å²) in [5.74, 6) is -0.514. The number of thiophene rings is 1. The molecule has 2 fully saturated rings. The van der Waals surface area contributed by atoms with Crippen molar-refractivity contribution in [1.82, 2.24) is 14.7 Å². The van der Waals surface area contributed by atoms with Gasteiger partial charge in [0.1, 0.15) is 5.57 Å². The van der Waals surface area contributed by atoms with Gasteiger partial charge >= 0.3 is 5.97 Å². The predicted molar refractivity (Wildman–Crippen MR) is 132 cm³/mol. The first kappa shape index (κ1) is 24.8. The summed E-state index contributed by atoms with van der Waals surface area (Å²) in [6, 6.07) is 3.86. The maximum absolute atomic E-state index is 13.8. The molecule has 0 spiro atoms. The highest BCUT2D eigenvalue weighted by molar-refractivity contribution is 7.12. The van der Waals surface area contributed by atoms with Gasteiger partial charge in [-0.3, -0.25) is 9.59 Å². The Bertz CT molecular complexity index is 942. The highest BCUT2D eigenvalue weighted by Crippen LogP contribution is 2.42. The van der Waals surface area contributed by atoms with Crippen LogP contribution >= 0.6 is 11.3 Å². The van der Waals surface area contributed by atoms with Gasteiger partial charge < -0.3 is 19.4 Å². The average molecular weight is 488 g/mol. The summed E-state index contributed by atoms with van der Waals surface area (Å²) in [5, 5.41) is 1.92. The molecule has 0 aromatic carbocycles. The normalized spacial score (nSPS) is 23.8. The molecule has 34 heavy (non-hydrogen) atoms. The molecule has 8 heteroatoms. The van der Waals surface area contributed by atoms with Crippen LogP contribution in [0.15, 0.2) is 28.8 Å². The van der Waals surface area contributed by atoms with E-state index < -0.39 is 5.97 Å². The number of nitrogens with zero attached hydrogens (tertiary/aromatic N) is 3. The number of ether oxygens (including phenoxy) is 1. The molecule has 2 amide bonds. The van der Waals surface area contributed by atoms with Crippen LogP contribution in [0.25, 0.3) is 0 Å². The van der Waals surface area contributed by atoms with E-state index in [1.807, 2.05) is 27.3 Å². The molecule has 3 heterocycles. The van der Waals surface area contributed by atoms with Crippen molar-refractivity contribution < 1.29 is 19.1 Å². The van der Waals surface area contributed by atoms with Crippen LogP contribution in [0.1, 0.15) is 63.0 Å². The molecule has 0 bridgehead atoms. The molecule has 1 aromatic rings. The number of hydrogen-bond acceptors (Lipinski definition) is 6. The number of fused-ring (bicyclic) bond motifs is 1. The topological polar surface area (TPSA) is 70.2 Å². The molecule has 186 valence electrons. The van der Waals surface area contributed by atoms with Gasteiger partial charge in [-0.1, -0.05) is 39.7 Å². The van der Waals surface area contributed by atoms with Crippen LogP contribution < -0.4 is 0 Å². The van der Waals surface area contributed by atoms with Gasteiger partial charge in [0, 0.05) is 50.4 Å². The smallest absolute Gasteiger partial charge is 0.345 e. The fraction of sp³-hybridized carbons (Fsp3) is 0.654. The molecule has 1 saturated carbocycles. The monoisotopic (exact) mass is 487 g/mol. The van der Waals surface area contributed by atoms with E-state index in [0.29, 0.717) is 32.7 Å². The number of carbonyl (C=O) groups excluding carboxylic acids is 3. The molecule has 0 N–H and O–H groups in total. The van der Waals surface area contributed by atoms with Gasteiger partial charge in [0.05, 0.1) is 11.5 Å². The first-order chi connectivity index (χ1) is 16.2. The minimum absolute atomic E-state index is 0.0564. The van der Waals surface area contributed by atoms with E-state index in [0.717, 1.165) is 36.3 Å². The second-order valence-corrected chi connectivity index (χ2v) is 11.6. The molecule has 7 nitrogen and oxygen atoms in total. The van der Waals surface area contributed by atoms with E-state index in [-0.39, 0.29) is 41.4 Å². The standard InChI is InChI=1S/C26H37N3O4S/c1-5-33-25(32)21-22(27-12-14-28(15-13-27)23(30)20-11-8-16-34-20)18-9-6-7-10-19(18)29(24(21)31)17-26(2,3)4/h8,11,16,18-19H,5-7,9-10,12-15,17H2,1-4H3. The number of hydrogen-bond donors (Lipinski definition) is 0. The number of esters is 1. The minimum Gasteiger partial charge on any atom is -0.462 e. The molecule has 2 unspecified atom stereocenters. The molecular weight excluding hydrogens is 450 g/mol. The van der Waals surface area contributed by atoms with Crippen molar-refractivity contribution in [1.29, 1.82) is 0 Å². The molecule has 1 aromatic heterocycles. The van der Waals surface area contributed by atoms with Crippen LogP contribution in [0.5, 0.6) is 0 Å². The van der Waals surface area contributed by atoms with E-state index in [2.05, 4.69) is 25.7 Å². The Kier molecular flexibility index (Phi) is 7.36. The highest BCUT2D eigenvalue weighted by atomic mass is 32.1. The number of rotatable bonds is 5. The average Bonchev–Trinajstić information content (AvgIpc) is 3.34. The van der Waals surface area contributed by atoms with Gasteiger partial charge in [-0.25, -0.2) is 4.79 Å². The first-order valence-corrected chi connectivity index (χ1v) is 13.4. The lowest BCUT2D eigenvalue weighted by molar-refractivity contribution is -0.146. The summed E-state index contributed by atoms with van der Waals surface area (Å²) in [7, 11) is 0. The zero-order valence-corrected chi connectivity index (χ0v) is 21.7. The van der Waals surface area contributed by atoms with Gasteiger partial charge in [-0.2, -0.15) is 0 Å². The van der Waals surface area contributed by atoms with Crippen molar-refractivity contribution in [2.24, 2.45) is 11.3 Å². The second kappa shape index (κ2) is 10.1. The zero-order valence-electron chi connectivity index (χ0n) is 20.8. The third-order valence-corrected chi connectivity index (χ3v) is 7.83. The van der Waals surface area contributed by atoms with Gasteiger partial charge in [0.25, 0.3) is 11.8 Å². The van der Waals surface area contributed by atoms with Crippen molar-refractivity contribution in [3.05, 3.63) is 33.7 Å². The number of piperazine rings is 1. The summed E-state index contributed by atoms with van der Waals surface area (Å²) >= 11 is 1.46. The van der Waals surface area contributed by atoms with Gasteiger partial charge in [0.2, 0.25) is 0 Å². The Morgan fingerprint density at radius 2 is 1.82 bits per heavy atom. The molecule has 3 aliphatic rings. The Hall–Kier alpha value is -2.35. The third kappa shape index (κ3) is 5.02. The largest absolute Gasteiger partial charge is 0.462 e. The van der Waals surface area contributed by atoms with Gasteiger partial charge in [-0.15, -0.1) is 11.3 Å². The maximum Gasteiger partial charge on any atom is 0.345 e. The van der Waals surface area contributed by atoms with Crippen LogP contribution in [-0.2, 0) is 14.3 Å². The molecule has 1 aliphatic carbocycles. The Balaban J connectivity index is 1.65. The molecule has 2 aliphatic heterocycles. The van der Waals surface area contributed by atoms with Crippen molar-refractivity contribution in [2.75, 3.05) is 39.3 Å². The van der Waals surface area contributed by atoms with Crippen LogP contribution in [-0.4, -0.2) is 77.9 Å². The Labute approximate surface area is 206 Å². The first-order valence-electron chi connectivity index (χ1n) is 12.5. The van der Waals surface area contributed by atoms with E-state index >= 15 is 0 Å². The third-order valence-electron chi connectivity index (χ3n) is 6.98. The second-order valence-electron chi connectivity index (χ2n) is 10.7.